The van der Waals surface area contributed by atoms with Gasteiger partial charge in [-0.15, -0.1) is 0 Å². The molecule has 44 valence electrons. The van der Waals surface area contributed by atoms with Crippen LogP contribution in [-0.4, -0.2) is 19.8 Å². The maximum Gasteiger partial charge on any atom is 1.00 e. The molecule has 0 aliphatic carbocycles. The molecule has 1 unspecified atom stereocenters. The van der Waals surface area contributed by atoms with Gasteiger partial charge >= 0.3 is 29.6 Å². The molecule has 0 N–H and O–H groups in total. The van der Waals surface area contributed by atoms with Crippen molar-refractivity contribution < 1.29 is 38.3 Å². The van der Waals surface area contributed by atoms with Crippen LogP contribution in [0.4, 0.5) is 0 Å². The second kappa shape index (κ2) is 8.59. The van der Waals surface area contributed by atoms with Gasteiger partial charge in [-0.3, -0.25) is 4.21 Å². The van der Waals surface area contributed by atoms with Crippen molar-refractivity contribution in [2.75, 3.05) is 11.1 Å². The van der Waals surface area contributed by atoms with Crippen LogP contribution in [0.25, 0.3) is 0 Å². The maximum absolute atomic E-state index is 9.74. The van der Waals surface area contributed by atoms with Crippen LogP contribution in [0, 0.1) is 0 Å². The van der Waals surface area contributed by atoms with Crippen LogP contribution in [0.15, 0.2) is 0 Å². The average molecular weight is 209 g/mol. The Morgan fingerprint density at radius 2 is 2.12 bits per heavy atom. The Morgan fingerprint density at radius 3 is 2.25 bits per heavy atom. The molecule has 0 spiro atoms. The van der Waals surface area contributed by atoms with Crippen LogP contribution >= 0.6 is 15.9 Å². The molecule has 8 heavy (non-hydrogen) atoms. The van der Waals surface area contributed by atoms with E-state index in [9.17, 15) is 8.76 Å². The first-order valence-electron chi connectivity index (χ1n) is 1.89. The Hall–Kier alpha value is 1.59. The zero-order valence-electron chi connectivity index (χ0n) is 4.72. The van der Waals surface area contributed by atoms with E-state index in [1.165, 1.54) is 0 Å². The first-order valence-corrected chi connectivity index (χ1v) is 4.25. The predicted octanol–water partition coefficient (Wildman–Crippen LogP) is -2.35. The van der Waals surface area contributed by atoms with E-state index in [2.05, 4.69) is 15.9 Å². The van der Waals surface area contributed by atoms with Crippen molar-refractivity contribution in [2.24, 2.45) is 0 Å². The van der Waals surface area contributed by atoms with Gasteiger partial charge < -0.3 is 4.55 Å². The minimum absolute atomic E-state index is 0. The van der Waals surface area contributed by atoms with Gasteiger partial charge in [-0.1, -0.05) is 27.0 Å². The van der Waals surface area contributed by atoms with E-state index >= 15 is 0 Å². The zero-order chi connectivity index (χ0) is 5.70. The summed E-state index contributed by atoms with van der Waals surface area (Å²) in [7, 11) is 0. The van der Waals surface area contributed by atoms with Crippen LogP contribution in [0.3, 0.4) is 0 Å². The van der Waals surface area contributed by atoms with Gasteiger partial charge in [0.2, 0.25) is 0 Å². The molecule has 0 radical (unpaired) electrons. The predicted molar refractivity (Wildman–Crippen MR) is 32.2 cm³/mol. The summed E-state index contributed by atoms with van der Waals surface area (Å²) < 4.78 is 19.5. The van der Waals surface area contributed by atoms with Crippen LogP contribution < -0.4 is 29.6 Å². The van der Waals surface area contributed by atoms with Crippen molar-refractivity contribution in [3.63, 3.8) is 0 Å². The van der Waals surface area contributed by atoms with E-state index in [0.717, 1.165) is 5.33 Å². The van der Waals surface area contributed by atoms with Crippen molar-refractivity contribution >= 4 is 27.0 Å². The molecule has 1 atom stereocenters. The van der Waals surface area contributed by atoms with Crippen LogP contribution in [0.5, 0.6) is 0 Å². The number of hydrogen-bond acceptors (Lipinski definition) is 2. The fourth-order valence-corrected chi connectivity index (χ4v) is 1.20. The third kappa shape index (κ3) is 10.5. The molecule has 2 nitrogen and oxygen atoms in total. The van der Waals surface area contributed by atoms with Gasteiger partial charge in [-0.05, 0) is 6.42 Å². The average Bonchev–Trinajstić information content (AvgIpc) is 1.61. The number of hydrogen-bond donors (Lipinski definition) is 0. The smallest absolute Gasteiger partial charge is 0.772 e. The normalized spacial score (nSPS) is 12.2. The Morgan fingerprint density at radius 1 is 1.62 bits per heavy atom. The summed E-state index contributed by atoms with van der Waals surface area (Å²) in [5.41, 5.74) is 0. The monoisotopic (exact) mass is 208 g/mol. The summed E-state index contributed by atoms with van der Waals surface area (Å²) in [5, 5.41) is 0.765. The van der Waals surface area contributed by atoms with Gasteiger partial charge in [-0.25, -0.2) is 0 Å². The molecule has 0 aliphatic rings. The molecular weight excluding hydrogens is 203 g/mol. The Labute approximate surface area is 82.1 Å². The summed E-state index contributed by atoms with van der Waals surface area (Å²) in [5.74, 6) is 0.269. The van der Waals surface area contributed by atoms with Gasteiger partial charge in [0.05, 0.1) is 0 Å². The van der Waals surface area contributed by atoms with E-state index < -0.39 is 11.1 Å². The van der Waals surface area contributed by atoms with Crippen molar-refractivity contribution in [3.8, 4) is 0 Å². The third-order valence-electron chi connectivity index (χ3n) is 0.445. The molecule has 0 aromatic carbocycles. The van der Waals surface area contributed by atoms with Gasteiger partial charge in [0.15, 0.2) is 0 Å². The number of rotatable bonds is 3. The molecule has 0 aromatic heterocycles. The number of halogens is 1. The van der Waals surface area contributed by atoms with Gasteiger partial charge in [0.1, 0.15) is 0 Å². The van der Waals surface area contributed by atoms with E-state index in [-0.39, 0.29) is 35.3 Å². The zero-order valence-corrected chi connectivity index (χ0v) is 9.13. The third-order valence-corrected chi connectivity index (χ3v) is 1.63. The minimum Gasteiger partial charge on any atom is -0.772 e. The molecule has 0 aromatic rings. The van der Waals surface area contributed by atoms with Crippen molar-refractivity contribution in [3.05, 3.63) is 0 Å². The van der Waals surface area contributed by atoms with E-state index in [0.29, 0.717) is 6.42 Å². The fraction of sp³-hybridized carbons (Fsp3) is 1.00. The minimum atomic E-state index is -1.85. The van der Waals surface area contributed by atoms with E-state index in [1.807, 2.05) is 0 Å². The molecule has 0 saturated heterocycles. The second-order valence-corrected chi connectivity index (χ2v) is 2.86. The van der Waals surface area contributed by atoms with Crippen LogP contribution in [0.1, 0.15) is 6.42 Å². The Balaban J connectivity index is 0. The van der Waals surface area contributed by atoms with Gasteiger partial charge in [0, 0.05) is 11.1 Å². The summed E-state index contributed by atoms with van der Waals surface area (Å²) in [6.45, 7) is 0. The largest absolute Gasteiger partial charge is 1.00 e. The van der Waals surface area contributed by atoms with Gasteiger partial charge in [0.25, 0.3) is 0 Å². The Kier molecular flexibility index (Phi) is 13.2. The molecule has 0 bridgehead atoms. The van der Waals surface area contributed by atoms with Crippen LogP contribution in [0.2, 0.25) is 0 Å². The van der Waals surface area contributed by atoms with Crippen molar-refractivity contribution in [1.29, 1.82) is 0 Å². The molecule has 0 rings (SSSR count). The number of alkyl halides is 1. The first kappa shape index (κ1) is 12.3. The molecular formula is C3H6BrNaO2S. The van der Waals surface area contributed by atoms with E-state index in [1.54, 1.807) is 0 Å². The fourth-order valence-electron chi connectivity index (χ4n) is 0.172. The summed E-state index contributed by atoms with van der Waals surface area (Å²) in [6, 6.07) is 0. The molecule has 0 fully saturated rings. The maximum atomic E-state index is 9.74. The Bertz CT molecular complexity index is 70.3. The molecule has 0 heterocycles. The van der Waals surface area contributed by atoms with Crippen molar-refractivity contribution in [1.82, 2.24) is 0 Å². The first-order chi connectivity index (χ1) is 3.27. The topological polar surface area (TPSA) is 40.1 Å². The molecule has 0 amide bonds. The summed E-state index contributed by atoms with van der Waals surface area (Å²) in [4.78, 5) is 0. The molecule has 0 aliphatic heterocycles. The van der Waals surface area contributed by atoms with Crippen molar-refractivity contribution in [2.45, 2.75) is 6.42 Å². The summed E-state index contributed by atoms with van der Waals surface area (Å²) in [6.07, 6.45) is 0.704. The standard InChI is InChI=1S/C3H7BrO2S.Na/c4-2-1-3-7(5)6;/h1-3H2,(H,5,6);/q;+1/p-1. The van der Waals surface area contributed by atoms with Gasteiger partial charge in [-0.2, -0.15) is 0 Å². The SMILES string of the molecule is O=S([O-])CCCBr.[Na+]. The molecule has 5 heteroatoms. The van der Waals surface area contributed by atoms with E-state index in [4.69, 9.17) is 0 Å². The quantitative estimate of drug-likeness (QED) is 0.297. The van der Waals surface area contributed by atoms with Crippen LogP contribution in [-0.2, 0) is 11.1 Å². The molecule has 0 saturated carbocycles. The summed E-state index contributed by atoms with van der Waals surface area (Å²) >= 11 is 1.26. The second-order valence-electron chi connectivity index (χ2n) is 1.05.